The molecule has 0 bridgehead atoms. The molecule has 0 saturated carbocycles. The van der Waals surface area contributed by atoms with Crippen LogP contribution >= 0.6 is 0 Å². The van der Waals surface area contributed by atoms with E-state index >= 15 is 0 Å². The molecule has 0 aliphatic carbocycles. The van der Waals surface area contributed by atoms with Crippen molar-refractivity contribution in [2.45, 2.75) is 37.6 Å². The molecular formula is C17H23NO6S. The lowest BCUT2D eigenvalue weighted by Gasteiger charge is -2.29. The Bertz CT molecular complexity index is 613. The third kappa shape index (κ3) is 5.67. The van der Waals surface area contributed by atoms with Crippen LogP contribution in [0.3, 0.4) is 0 Å². The zero-order valence-electron chi connectivity index (χ0n) is 14.6. The van der Waals surface area contributed by atoms with Gasteiger partial charge in [-0.15, -0.1) is 0 Å². The van der Waals surface area contributed by atoms with Crippen LogP contribution in [0.2, 0.25) is 0 Å². The second-order valence-corrected chi connectivity index (χ2v) is 6.71. The van der Waals surface area contributed by atoms with Gasteiger partial charge in [0.1, 0.15) is 0 Å². The average Bonchev–Trinajstić information content (AvgIpc) is 2.59. The Labute approximate surface area is 149 Å². The van der Waals surface area contributed by atoms with Crippen LogP contribution in [0.4, 0.5) is 0 Å². The van der Waals surface area contributed by atoms with Crippen molar-refractivity contribution in [3.05, 3.63) is 30.3 Å². The van der Waals surface area contributed by atoms with E-state index in [9.17, 15) is 18.6 Å². The molecule has 0 saturated heterocycles. The number of carbonyl (C=O) groups excluding carboxylic acids is 3. The van der Waals surface area contributed by atoms with E-state index in [-0.39, 0.29) is 25.4 Å². The first-order chi connectivity index (χ1) is 11.9. The summed E-state index contributed by atoms with van der Waals surface area (Å²) in [6.07, 6.45) is -0.203. The van der Waals surface area contributed by atoms with Gasteiger partial charge in [-0.1, -0.05) is 18.2 Å². The third-order valence-corrected chi connectivity index (χ3v) is 4.68. The highest BCUT2D eigenvalue weighted by atomic mass is 32.2. The molecule has 0 aromatic heterocycles. The highest BCUT2D eigenvalue weighted by Crippen LogP contribution is 2.19. The van der Waals surface area contributed by atoms with Gasteiger partial charge in [0.2, 0.25) is 11.4 Å². The van der Waals surface area contributed by atoms with E-state index in [4.69, 9.17) is 9.47 Å². The largest absolute Gasteiger partial charge is 0.464 e. The van der Waals surface area contributed by atoms with Crippen molar-refractivity contribution in [3.63, 3.8) is 0 Å². The zero-order chi connectivity index (χ0) is 18.9. The minimum atomic E-state index is -2.01. The van der Waals surface area contributed by atoms with Crippen LogP contribution in [0.15, 0.2) is 35.2 Å². The molecule has 1 unspecified atom stereocenters. The smallest absolute Gasteiger partial charge is 0.343 e. The van der Waals surface area contributed by atoms with Gasteiger partial charge in [0.25, 0.3) is 0 Å². The van der Waals surface area contributed by atoms with Crippen molar-refractivity contribution in [1.82, 2.24) is 5.32 Å². The molecule has 0 aliphatic heterocycles. The van der Waals surface area contributed by atoms with E-state index in [0.29, 0.717) is 4.90 Å². The summed E-state index contributed by atoms with van der Waals surface area (Å²) in [5, 5.41) is 2.35. The molecule has 0 radical (unpaired) electrons. The van der Waals surface area contributed by atoms with Gasteiger partial charge in [-0.25, -0.2) is 9.59 Å². The van der Waals surface area contributed by atoms with E-state index in [1.165, 1.54) is 6.92 Å². The van der Waals surface area contributed by atoms with E-state index in [1.54, 1.807) is 44.2 Å². The SMILES string of the molecule is CCOC(=O)C(CCS(=O)c1ccccc1)(NC(C)=O)C(=O)OCC. The van der Waals surface area contributed by atoms with Gasteiger partial charge in [0.05, 0.1) is 24.0 Å². The maximum Gasteiger partial charge on any atom is 0.343 e. The number of benzene rings is 1. The van der Waals surface area contributed by atoms with Gasteiger partial charge >= 0.3 is 11.9 Å². The normalized spacial score (nSPS) is 12.1. The molecule has 138 valence electrons. The summed E-state index contributed by atoms with van der Waals surface area (Å²) >= 11 is 0. The van der Waals surface area contributed by atoms with E-state index < -0.39 is 34.2 Å². The number of carbonyl (C=O) groups is 3. The lowest BCUT2D eigenvalue weighted by Crippen LogP contribution is -2.61. The summed E-state index contributed by atoms with van der Waals surface area (Å²) in [5.41, 5.74) is -2.01. The van der Waals surface area contributed by atoms with Gasteiger partial charge in [0, 0.05) is 24.0 Å². The number of amides is 1. The van der Waals surface area contributed by atoms with Crippen molar-refractivity contribution in [1.29, 1.82) is 0 Å². The van der Waals surface area contributed by atoms with Gasteiger partial charge < -0.3 is 14.8 Å². The number of hydrogen-bond donors (Lipinski definition) is 1. The fourth-order valence-corrected chi connectivity index (χ4v) is 3.39. The predicted octanol–water partition coefficient (Wildman–Crippen LogP) is 1.19. The van der Waals surface area contributed by atoms with Gasteiger partial charge in [-0.3, -0.25) is 9.00 Å². The topological polar surface area (TPSA) is 98.8 Å². The standard InChI is InChI=1S/C17H23NO6S/c1-4-23-15(20)17(18-13(3)19,16(21)24-5-2)11-12-25(22)14-9-7-6-8-10-14/h6-10H,4-5,11-12H2,1-3H3,(H,18,19). The van der Waals surface area contributed by atoms with Crippen molar-refractivity contribution < 1.29 is 28.1 Å². The molecule has 8 heteroatoms. The highest BCUT2D eigenvalue weighted by molar-refractivity contribution is 7.85. The predicted molar refractivity (Wildman–Crippen MR) is 92.1 cm³/mol. The number of esters is 2. The van der Waals surface area contributed by atoms with Crippen LogP contribution in [-0.4, -0.2) is 46.6 Å². The number of hydrogen-bond acceptors (Lipinski definition) is 6. The monoisotopic (exact) mass is 369 g/mol. The Morgan fingerprint density at radius 3 is 2.00 bits per heavy atom. The summed E-state index contributed by atoms with van der Waals surface area (Å²) in [7, 11) is -1.45. The first kappa shape index (κ1) is 20.8. The third-order valence-electron chi connectivity index (χ3n) is 3.31. The minimum Gasteiger partial charge on any atom is -0.464 e. The zero-order valence-corrected chi connectivity index (χ0v) is 15.4. The molecule has 1 rings (SSSR count). The molecule has 7 nitrogen and oxygen atoms in total. The Balaban J connectivity index is 3.10. The van der Waals surface area contributed by atoms with Crippen molar-refractivity contribution in [3.8, 4) is 0 Å². The molecule has 25 heavy (non-hydrogen) atoms. The Hall–Kier alpha value is -2.22. The van der Waals surface area contributed by atoms with Crippen molar-refractivity contribution in [2.75, 3.05) is 19.0 Å². The molecule has 1 N–H and O–H groups in total. The van der Waals surface area contributed by atoms with Crippen molar-refractivity contribution in [2.24, 2.45) is 0 Å². The van der Waals surface area contributed by atoms with Gasteiger partial charge in [-0.05, 0) is 26.0 Å². The first-order valence-electron chi connectivity index (χ1n) is 7.94. The summed E-state index contributed by atoms with van der Waals surface area (Å²) in [4.78, 5) is 37.0. The molecule has 1 aromatic carbocycles. The average molecular weight is 369 g/mol. The number of rotatable bonds is 9. The molecule has 0 heterocycles. The second kappa shape index (κ2) is 9.93. The Morgan fingerprint density at radius 1 is 1.04 bits per heavy atom. The van der Waals surface area contributed by atoms with E-state index in [2.05, 4.69) is 5.32 Å². The molecule has 0 fully saturated rings. The maximum atomic E-state index is 12.4. The lowest BCUT2D eigenvalue weighted by atomic mass is 9.96. The molecule has 1 atom stereocenters. The Morgan fingerprint density at radius 2 is 1.56 bits per heavy atom. The van der Waals surface area contributed by atoms with Gasteiger partial charge in [-0.2, -0.15) is 0 Å². The summed E-state index contributed by atoms with van der Waals surface area (Å²) in [6, 6.07) is 8.64. The lowest BCUT2D eigenvalue weighted by molar-refractivity contribution is -0.168. The maximum absolute atomic E-state index is 12.4. The van der Waals surface area contributed by atoms with Gasteiger partial charge in [0.15, 0.2) is 0 Å². The van der Waals surface area contributed by atoms with Crippen LogP contribution in [0, 0.1) is 0 Å². The van der Waals surface area contributed by atoms with Crippen molar-refractivity contribution >= 4 is 28.6 Å². The molecule has 0 aliphatic rings. The summed E-state index contributed by atoms with van der Waals surface area (Å²) in [6.45, 7) is 4.41. The quantitative estimate of drug-likeness (QED) is 0.518. The summed E-state index contributed by atoms with van der Waals surface area (Å²) in [5.74, 6) is -2.46. The summed E-state index contributed by atoms with van der Waals surface area (Å²) < 4.78 is 22.4. The van der Waals surface area contributed by atoms with E-state index in [1.807, 2.05) is 0 Å². The fourth-order valence-electron chi connectivity index (χ4n) is 2.20. The number of nitrogens with one attached hydrogen (secondary N) is 1. The Kier molecular flexibility index (Phi) is 8.27. The van der Waals surface area contributed by atoms with Crippen LogP contribution in [0.25, 0.3) is 0 Å². The molecule has 1 amide bonds. The van der Waals surface area contributed by atoms with Crippen LogP contribution in [0.5, 0.6) is 0 Å². The first-order valence-corrected chi connectivity index (χ1v) is 9.25. The second-order valence-electron chi connectivity index (χ2n) is 5.14. The minimum absolute atomic E-state index is 0.0259. The molecular weight excluding hydrogens is 346 g/mol. The van der Waals surface area contributed by atoms with E-state index in [0.717, 1.165) is 0 Å². The fraction of sp³-hybridized carbons (Fsp3) is 0.471. The van der Waals surface area contributed by atoms with Crippen LogP contribution in [0.1, 0.15) is 27.2 Å². The number of ether oxygens (including phenoxy) is 2. The molecule has 1 aromatic rings. The van der Waals surface area contributed by atoms with Crippen LogP contribution in [-0.2, 0) is 34.7 Å². The van der Waals surface area contributed by atoms with Crippen LogP contribution < -0.4 is 5.32 Å². The molecule has 0 spiro atoms. The highest BCUT2D eigenvalue weighted by Gasteiger charge is 2.50.